The van der Waals surface area contributed by atoms with Crippen molar-refractivity contribution in [2.24, 2.45) is 5.92 Å². The van der Waals surface area contributed by atoms with E-state index >= 15 is 0 Å². The van der Waals surface area contributed by atoms with Gasteiger partial charge in [0.15, 0.2) is 5.78 Å². The number of rotatable bonds is 7. The van der Waals surface area contributed by atoms with Crippen LogP contribution in [0.4, 0.5) is 0 Å². The second-order valence-electron chi connectivity index (χ2n) is 7.38. The molecule has 130 valence electrons. The molecule has 1 unspecified atom stereocenters. The van der Waals surface area contributed by atoms with Gasteiger partial charge < -0.3 is 9.32 Å². The summed E-state index contributed by atoms with van der Waals surface area (Å²) >= 11 is 0. The van der Waals surface area contributed by atoms with Crippen LogP contribution >= 0.6 is 0 Å². The third-order valence-corrected chi connectivity index (χ3v) is 5.46. The number of carbonyl (C=O) groups excluding carboxylic acids is 1. The highest BCUT2D eigenvalue weighted by atomic mass is 16.3. The number of ketones is 1. The molecule has 0 radical (unpaired) electrons. The van der Waals surface area contributed by atoms with Crippen LogP contribution in [0.15, 0.2) is 28.7 Å². The molecule has 3 nitrogen and oxygen atoms in total. The van der Waals surface area contributed by atoms with Crippen molar-refractivity contribution < 1.29 is 9.21 Å². The van der Waals surface area contributed by atoms with Crippen LogP contribution in [0.3, 0.4) is 0 Å². The minimum absolute atomic E-state index is 0.236. The highest BCUT2D eigenvalue weighted by Gasteiger charge is 2.20. The normalized spacial score (nSPS) is 19.9. The number of benzene rings is 1. The maximum Gasteiger partial charge on any atom is 0.163 e. The van der Waals surface area contributed by atoms with E-state index in [1.54, 1.807) is 0 Å². The van der Waals surface area contributed by atoms with Gasteiger partial charge in [0.1, 0.15) is 11.3 Å². The van der Waals surface area contributed by atoms with Crippen molar-refractivity contribution in [1.82, 2.24) is 4.90 Å². The fourth-order valence-electron chi connectivity index (χ4n) is 3.55. The van der Waals surface area contributed by atoms with Gasteiger partial charge in [-0.2, -0.15) is 0 Å². The van der Waals surface area contributed by atoms with E-state index in [0.717, 1.165) is 41.7 Å². The number of Topliss-reactive ketones (excluding diaryl/α,β-unsaturated/α-hetero) is 1. The maximum absolute atomic E-state index is 12.4. The fourth-order valence-corrected chi connectivity index (χ4v) is 3.55. The third-order valence-electron chi connectivity index (χ3n) is 5.46. The largest absolute Gasteiger partial charge is 0.461 e. The number of fused-ring (bicyclic) bond motifs is 1. The smallest absolute Gasteiger partial charge is 0.163 e. The lowest BCUT2D eigenvalue weighted by molar-refractivity contribution is 0.0964. The van der Waals surface area contributed by atoms with Crippen LogP contribution in [0.5, 0.6) is 0 Å². The van der Waals surface area contributed by atoms with Gasteiger partial charge in [0.2, 0.25) is 0 Å². The van der Waals surface area contributed by atoms with Crippen LogP contribution in [0, 0.1) is 5.92 Å². The molecule has 0 N–H and O–H groups in total. The Balaban J connectivity index is 1.68. The van der Waals surface area contributed by atoms with Gasteiger partial charge in [0, 0.05) is 36.4 Å². The number of furan rings is 1. The minimum atomic E-state index is 0.236. The predicted molar refractivity (Wildman–Crippen MR) is 98.6 cm³/mol. The average molecular weight is 327 g/mol. The quantitative estimate of drug-likeness (QED) is 0.665. The Morgan fingerprint density at radius 3 is 2.92 bits per heavy atom. The molecule has 0 saturated carbocycles. The molecule has 24 heavy (non-hydrogen) atoms. The molecule has 2 heterocycles. The molecule has 1 fully saturated rings. The Morgan fingerprint density at radius 2 is 2.21 bits per heavy atom. The lowest BCUT2D eigenvalue weighted by Gasteiger charge is -2.19. The first-order valence-corrected chi connectivity index (χ1v) is 9.36. The van der Waals surface area contributed by atoms with Crippen LogP contribution in [0.1, 0.15) is 62.6 Å². The van der Waals surface area contributed by atoms with Crippen molar-refractivity contribution in [3.8, 4) is 0 Å². The van der Waals surface area contributed by atoms with Gasteiger partial charge in [0.25, 0.3) is 0 Å². The second-order valence-corrected chi connectivity index (χ2v) is 7.38. The molecule has 0 bridgehead atoms. The summed E-state index contributed by atoms with van der Waals surface area (Å²) in [5, 5.41) is 1.05. The zero-order valence-electron chi connectivity index (χ0n) is 15.2. The van der Waals surface area contributed by atoms with Gasteiger partial charge in [-0.25, -0.2) is 0 Å². The van der Waals surface area contributed by atoms with Crippen molar-refractivity contribution >= 4 is 16.8 Å². The SMILES string of the molecule is CCC(C)CC(=O)c1ccc2oc(CCN3CCC[C@H]3C)cc2c1. The van der Waals surface area contributed by atoms with E-state index in [9.17, 15) is 4.79 Å². The van der Waals surface area contributed by atoms with Gasteiger partial charge >= 0.3 is 0 Å². The molecule has 2 atom stereocenters. The zero-order valence-corrected chi connectivity index (χ0v) is 15.2. The molecule has 0 amide bonds. The van der Waals surface area contributed by atoms with Crippen LogP contribution in [-0.4, -0.2) is 29.8 Å². The summed E-state index contributed by atoms with van der Waals surface area (Å²) in [6, 6.07) is 8.64. The summed E-state index contributed by atoms with van der Waals surface area (Å²) in [7, 11) is 0. The highest BCUT2D eigenvalue weighted by molar-refractivity contribution is 5.99. The number of carbonyl (C=O) groups is 1. The van der Waals surface area contributed by atoms with E-state index in [-0.39, 0.29) is 5.78 Å². The third kappa shape index (κ3) is 3.89. The molecule has 3 rings (SSSR count). The predicted octanol–water partition coefficient (Wildman–Crippen LogP) is 5.08. The first-order chi connectivity index (χ1) is 11.6. The molecule has 1 aromatic heterocycles. The molecular weight excluding hydrogens is 298 g/mol. The minimum Gasteiger partial charge on any atom is -0.461 e. The maximum atomic E-state index is 12.4. The van der Waals surface area contributed by atoms with Crippen molar-refractivity contribution in [3.63, 3.8) is 0 Å². The van der Waals surface area contributed by atoms with Crippen molar-refractivity contribution in [2.75, 3.05) is 13.1 Å². The Hall–Kier alpha value is -1.61. The van der Waals surface area contributed by atoms with Crippen molar-refractivity contribution in [1.29, 1.82) is 0 Å². The van der Waals surface area contributed by atoms with Gasteiger partial charge in [-0.15, -0.1) is 0 Å². The highest BCUT2D eigenvalue weighted by Crippen LogP contribution is 2.24. The van der Waals surface area contributed by atoms with Gasteiger partial charge in [-0.3, -0.25) is 4.79 Å². The molecule has 1 saturated heterocycles. The summed E-state index contributed by atoms with van der Waals surface area (Å²) in [5.74, 6) is 1.70. The molecule has 1 aliphatic heterocycles. The van der Waals surface area contributed by atoms with Crippen molar-refractivity contribution in [2.45, 2.75) is 58.9 Å². The monoisotopic (exact) mass is 327 g/mol. The Morgan fingerprint density at radius 1 is 1.38 bits per heavy atom. The van der Waals surface area contributed by atoms with Crippen LogP contribution < -0.4 is 0 Å². The standard InChI is InChI=1S/C21H29NO2/c1-4-15(2)12-20(23)17-7-8-21-18(13-17)14-19(24-21)9-11-22-10-5-6-16(22)3/h7-8,13-16H,4-6,9-12H2,1-3H3/t15?,16-/m1/s1. The molecule has 0 aliphatic carbocycles. The van der Waals surface area contributed by atoms with Crippen LogP contribution in [0.2, 0.25) is 0 Å². The topological polar surface area (TPSA) is 33.5 Å². The number of nitrogens with zero attached hydrogens (tertiary/aromatic N) is 1. The summed E-state index contributed by atoms with van der Waals surface area (Å²) in [6.07, 6.45) is 5.22. The van der Waals surface area contributed by atoms with Crippen molar-refractivity contribution in [3.05, 3.63) is 35.6 Å². The number of likely N-dealkylation sites (tertiary alicyclic amines) is 1. The number of hydrogen-bond donors (Lipinski definition) is 0. The molecule has 3 heteroatoms. The molecule has 2 aromatic rings. The Labute approximate surface area is 145 Å². The zero-order chi connectivity index (χ0) is 17.1. The van der Waals surface area contributed by atoms with E-state index < -0.39 is 0 Å². The summed E-state index contributed by atoms with van der Waals surface area (Å²) in [5.41, 5.74) is 1.70. The van der Waals surface area contributed by atoms with E-state index in [1.807, 2.05) is 18.2 Å². The molecule has 1 aromatic carbocycles. The van der Waals surface area contributed by atoms with E-state index in [4.69, 9.17) is 4.42 Å². The number of hydrogen-bond acceptors (Lipinski definition) is 3. The van der Waals surface area contributed by atoms with E-state index in [1.165, 1.54) is 19.4 Å². The average Bonchev–Trinajstić information content (AvgIpc) is 3.17. The first kappa shape index (κ1) is 17.2. The second kappa shape index (κ2) is 7.52. The summed E-state index contributed by atoms with van der Waals surface area (Å²) in [6.45, 7) is 8.83. The molecular formula is C21H29NO2. The van der Waals surface area contributed by atoms with Crippen LogP contribution in [0.25, 0.3) is 11.0 Å². The Kier molecular flexibility index (Phi) is 5.40. The lowest BCUT2D eigenvalue weighted by Crippen LogP contribution is -2.28. The molecule has 0 spiro atoms. The first-order valence-electron chi connectivity index (χ1n) is 9.36. The van der Waals surface area contributed by atoms with E-state index in [2.05, 4.69) is 31.7 Å². The van der Waals surface area contributed by atoms with Crippen LogP contribution in [-0.2, 0) is 6.42 Å². The van der Waals surface area contributed by atoms with Gasteiger partial charge in [-0.05, 0) is 56.5 Å². The fraction of sp³-hybridized carbons (Fsp3) is 0.571. The van der Waals surface area contributed by atoms with Gasteiger partial charge in [-0.1, -0.05) is 20.3 Å². The summed E-state index contributed by atoms with van der Waals surface area (Å²) < 4.78 is 5.96. The van der Waals surface area contributed by atoms with E-state index in [0.29, 0.717) is 18.4 Å². The Bertz CT molecular complexity index is 703. The van der Waals surface area contributed by atoms with Gasteiger partial charge in [0.05, 0.1) is 0 Å². The summed E-state index contributed by atoms with van der Waals surface area (Å²) in [4.78, 5) is 14.9. The molecule has 1 aliphatic rings. The lowest BCUT2D eigenvalue weighted by atomic mass is 9.97.